The van der Waals surface area contributed by atoms with Crippen LogP contribution in [0.5, 0.6) is 11.5 Å². The molecule has 0 unspecified atom stereocenters. The van der Waals surface area contributed by atoms with Crippen LogP contribution in [-0.4, -0.2) is 31.0 Å². The summed E-state index contributed by atoms with van der Waals surface area (Å²) in [5, 5.41) is 6.54. The summed E-state index contributed by atoms with van der Waals surface area (Å²) in [5.74, 6) is -0.127. The molecule has 8 nitrogen and oxygen atoms in total. The van der Waals surface area contributed by atoms with E-state index in [1.54, 1.807) is 24.3 Å². The Morgan fingerprint density at radius 3 is 2.37 bits per heavy atom. The number of nitrogens with two attached hydrogens (primary N) is 1. The second-order valence-electron chi connectivity index (χ2n) is 9.23. The fraction of sp³-hybridized carbons (Fsp3) is 0.276. The van der Waals surface area contributed by atoms with Gasteiger partial charge in [-0.15, -0.1) is 11.3 Å². The smallest absolute Gasteiger partial charge is 0.268 e. The Bertz CT molecular complexity index is 1500. The number of methoxy groups -OCH3 is 2. The maximum atomic E-state index is 13.4. The molecule has 5 rings (SSSR count). The molecule has 4 aromatic rings. The Hall–Kier alpha value is -4.11. The van der Waals surface area contributed by atoms with Crippen LogP contribution in [-0.2, 0) is 12.8 Å². The topological polar surface area (TPSA) is 116 Å². The van der Waals surface area contributed by atoms with Crippen molar-refractivity contribution in [3.63, 3.8) is 0 Å². The summed E-state index contributed by atoms with van der Waals surface area (Å²) in [6.45, 7) is 0. The summed E-state index contributed by atoms with van der Waals surface area (Å²) < 4.78 is 11.0. The number of para-hydroxylation sites is 1. The molecular formula is C29H30N4O4S. The van der Waals surface area contributed by atoms with Crippen molar-refractivity contribution in [2.75, 3.05) is 30.6 Å². The van der Waals surface area contributed by atoms with E-state index in [4.69, 9.17) is 20.2 Å². The number of benzene rings is 2. The average Bonchev–Trinajstić information content (AvgIpc) is 3.24. The number of nitrogens with zero attached hydrogens (tertiary/aromatic N) is 1. The van der Waals surface area contributed by atoms with Gasteiger partial charge in [-0.25, -0.2) is 4.98 Å². The summed E-state index contributed by atoms with van der Waals surface area (Å²) in [6, 6.07) is 14.3. The SMILES string of the molecule is COc1cc(C(=O)Nc2ccccc2)c(OC)cc1NC(=O)c1sc2nc3c(cc2c1N)CCCCCC3. The first kappa shape index (κ1) is 25.5. The minimum atomic E-state index is -0.375. The highest BCUT2D eigenvalue weighted by molar-refractivity contribution is 7.21. The lowest BCUT2D eigenvalue weighted by molar-refractivity contribution is 0.102. The molecular weight excluding hydrogens is 500 g/mol. The van der Waals surface area contributed by atoms with E-state index >= 15 is 0 Å². The Morgan fingerprint density at radius 2 is 1.63 bits per heavy atom. The number of nitrogen functional groups attached to an aromatic ring is 1. The first-order chi connectivity index (χ1) is 18.5. The van der Waals surface area contributed by atoms with Crippen molar-refractivity contribution in [3.8, 4) is 11.5 Å². The number of amides is 2. The zero-order valence-corrected chi connectivity index (χ0v) is 22.2. The highest BCUT2D eigenvalue weighted by Crippen LogP contribution is 2.38. The van der Waals surface area contributed by atoms with Crippen LogP contribution in [0.3, 0.4) is 0 Å². The number of hydrogen-bond donors (Lipinski definition) is 3. The molecule has 2 aromatic carbocycles. The first-order valence-corrected chi connectivity index (χ1v) is 13.4. The second kappa shape index (κ2) is 11.1. The van der Waals surface area contributed by atoms with E-state index in [2.05, 4.69) is 16.7 Å². The zero-order chi connectivity index (χ0) is 26.6. The molecule has 0 bridgehead atoms. The largest absolute Gasteiger partial charge is 0.496 e. The summed E-state index contributed by atoms with van der Waals surface area (Å²) in [7, 11) is 2.94. The minimum absolute atomic E-state index is 0.272. The molecule has 1 aliphatic rings. The summed E-state index contributed by atoms with van der Waals surface area (Å²) >= 11 is 1.28. The van der Waals surface area contributed by atoms with Gasteiger partial charge in [0.05, 0.1) is 31.2 Å². The van der Waals surface area contributed by atoms with Crippen LogP contribution in [0.2, 0.25) is 0 Å². The minimum Gasteiger partial charge on any atom is -0.496 e. The van der Waals surface area contributed by atoms with Gasteiger partial charge in [0.15, 0.2) is 0 Å². The van der Waals surface area contributed by atoms with Crippen molar-refractivity contribution in [3.05, 3.63) is 70.2 Å². The molecule has 9 heteroatoms. The van der Waals surface area contributed by atoms with E-state index in [1.165, 1.54) is 44.0 Å². The van der Waals surface area contributed by atoms with Gasteiger partial charge in [0.2, 0.25) is 0 Å². The van der Waals surface area contributed by atoms with E-state index in [1.807, 2.05) is 18.2 Å². The third kappa shape index (κ3) is 5.15. The highest BCUT2D eigenvalue weighted by atomic mass is 32.1. The second-order valence-corrected chi connectivity index (χ2v) is 10.2. The van der Waals surface area contributed by atoms with Gasteiger partial charge in [0.25, 0.3) is 11.8 Å². The van der Waals surface area contributed by atoms with E-state index in [9.17, 15) is 9.59 Å². The van der Waals surface area contributed by atoms with Crippen molar-refractivity contribution in [2.24, 2.45) is 0 Å². The standard InChI is InChI=1S/C29H30N4O4S/c1-36-23-16-22(24(37-2)15-19(23)27(34)31-18-11-7-5-8-12-18)32-28(35)26-25(30)20-14-17-10-6-3-4-9-13-21(17)33-29(20)38-26/h5,7-8,11-12,14-16H,3-4,6,9-10,13,30H2,1-2H3,(H,31,34)(H,32,35). The van der Waals surface area contributed by atoms with Gasteiger partial charge < -0.3 is 25.8 Å². The van der Waals surface area contributed by atoms with Crippen LogP contribution in [0.4, 0.5) is 17.1 Å². The van der Waals surface area contributed by atoms with Gasteiger partial charge in [-0.3, -0.25) is 9.59 Å². The van der Waals surface area contributed by atoms with Gasteiger partial charge in [0.1, 0.15) is 21.2 Å². The maximum absolute atomic E-state index is 13.4. The fourth-order valence-electron chi connectivity index (χ4n) is 4.75. The van der Waals surface area contributed by atoms with Crippen molar-refractivity contribution < 1.29 is 19.1 Å². The Balaban J connectivity index is 1.43. The van der Waals surface area contributed by atoms with E-state index in [-0.39, 0.29) is 17.4 Å². The number of fused-ring (bicyclic) bond motifs is 2. The van der Waals surface area contributed by atoms with Gasteiger partial charge >= 0.3 is 0 Å². The molecule has 1 aliphatic carbocycles. The molecule has 38 heavy (non-hydrogen) atoms. The molecule has 196 valence electrons. The maximum Gasteiger partial charge on any atom is 0.268 e. The molecule has 0 fully saturated rings. The van der Waals surface area contributed by atoms with Crippen molar-refractivity contribution in [1.82, 2.24) is 4.98 Å². The molecule has 4 N–H and O–H groups in total. The summed E-state index contributed by atoms with van der Waals surface area (Å²) in [6.07, 6.45) is 6.64. The lowest BCUT2D eigenvalue weighted by Crippen LogP contribution is -2.16. The number of carbonyl (C=O) groups excluding carboxylic acids is 2. The van der Waals surface area contributed by atoms with Crippen LogP contribution in [0, 0.1) is 0 Å². The zero-order valence-electron chi connectivity index (χ0n) is 21.4. The lowest BCUT2D eigenvalue weighted by Gasteiger charge is -2.15. The molecule has 0 saturated carbocycles. The van der Waals surface area contributed by atoms with Gasteiger partial charge in [0, 0.05) is 22.8 Å². The number of anilines is 3. The number of pyridine rings is 1. The van der Waals surface area contributed by atoms with E-state index in [0.29, 0.717) is 33.4 Å². The van der Waals surface area contributed by atoms with Crippen LogP contribution in [0.1, 0.15) is 57.0 Å². The van der Waals surface area contributed by atoms with Gasteiger partial charge in [-0.2, -0.15) is 0 Å². The Kier molecular flexibility index (Phi) is 7.46. The lowest BCUT2D eigenvalue weighted by atomic mass is 9.96. The van der Waals surface area contributed by atoms with Crippen molar-refractivity contribution in [1.29, 1.82) is 0 Å². The van der Waals surface area contributed by atoms with Crippen molar-refractivity contribution >= 4 is 50.4 Å². The molecule has 2 aromatic heterocycles. The number of aryl methyl sites for hydroxylation is 2. The third-order valence-corrected chi connectivity index (χ3v) is 7.87. The number of nitrogens with one attached hydrogen (secondary N) is 2. The number of hydrogen-bond acceptors (Lipinski definition) is 7. The van der Waals surface area contributed by atoms with Crippen LogP contribution < -0.4 is 25.8 Å². The monoisotopic (exact) mass is 530 g/mol. The number of aromatic nitrogens is 1. The van der Waals surface area contributed by atoms with E-state index < -0.39 is 0 Å². The predicted molar refractivity (Wildman–Crippen MR) is 152 cm³/mol. The third-order valence-electron chi connectivity index (χ3n) is 6.75. The predicted octanol–water partition coefficient (Wildman–Crippen LogP) is 6.06. The molecule has 0 aliphatic heterocycles. The molecule has 0 radical (unpaired) electrons. The Morgan fingerprint density at radius 1 is 0.895 bits per heavy atom. The molecule has 0 atom stereocenters. The first-order valence-electron chi connectivity index (χ1n) is 12.6. The molecule has 0 spiro atoms. The van der Waals surface area contributed by atoms with Crippen LogP contribution in [0.15, 0.2) is 48.5 Å². The number of carbonyl (C=O) groups is 2. The summed E-state index contributed by atoms with van der Waals surface area (Å²) in [5.41, 5.74) is 10.5. The normalized spacial score (nSPS) is 13.2. The highest BCUT2D eigenvalue weighted by Gasteiger charge is 2.23. The number of rotatable bonds is 6. The van der Waals surface area contributed by atoms with Crippen molar-refractivity contribution in [2.45, 2.75) is 38.5 Å². The number of ether oxygens (including phenoxy) is 2. The van der Waals surface area contributed by atoms with Crippen LogP contribution in [0.25, 0.3) is 10.2 Å². The summed E-state index contributed by atoms with van der Waals surface area (Å²) in [4.78, 5) is 32.4. The quantitative estimate of drug-likeness (QED) is 0.279. The molecule has 2 heterocycles. The van der Waals surface area contributed by atoms with E-state index in [0.717, 1.165) is 41.6 Å². The number of thiophene rings is 1. The molecule has 0 saturated heterocycles. The average molecular weight is 531 g/mol. The van der Waals surface area contributed by atoms with Gasteiger partial charge in [-0.1, -0.05) is 31.0 Å². The molecule has 2 amide bonds. The van der Waals surface area contributed by atoms with Crippen LogP contribution >= 0.6 is 11.3 Å². The fourth-order valence-corrected chi connectivity index (χ4v) is 5.75. The van der Waals surface area contributed by atoms with Gasteiger partial charge in [-0.05, 0) is 55.5 Å². The Labute approximate surface area is 225 Å².